The molecule has 0 unspecified atom stereocenters. The number of carbonyl (C=O) groups is 1. The van der Waals surface area contributed by atoms with Crippen LogP contribution >= 0.6 is 0 Å². The van der Waals surface area contributed by atoms with Crippen molar-refractivity contribution in [3.05, 3.63) is 12.7 Å². The van der Waals surface area contributed by atoms with Crippen LogP contribution in [-0.4, -0.2) is 5.97 Å². The van der Waals surface area contributed by atoms with E-state index in [9.17, 15) is 9.90 Å². The summed E-state index contributed by atoms with van der Waals surface area (Å²) >= 11 is 0. The third-order valence-corrected chi connectivity index (χ3v) is 2.04. The molecule has 0 saturated heterocycles. The van der Waals surface area contributed by atoms with Crippen molar-refractivity contribution in [1.82, 2.24) is 0 Å². The zero-order valence-electron chi connectivity index (χ0n) is 9.26. The van der Waals surface area contributed by atoms with Gasteiger partial charge in [0.2, 0.25) is 0 Å². The normalized spacial score (nSPS) is 9.14. The largest absolute Gasteiger partial charge is 1.00 e. The van der Waals surface area contributed by atoms with E-state index in [0.29, 0.717) is 0 Å². The van der Waals surface area contributed by atoms with Crippen LogP contribution in [0.3, 0.4) is 0 Å². The number of allylic oxidation sites excluding steroid dienone is 1. The van der Waals surface area contributed by atoms with Crippen LogP contribution in [0.4, 0.5) is 0 Å². The van der Waals surface area contributed by atoms with Gasteiger partial charge in [-0.25, -0.2) is 0 Å². The molecule has 0 aromatic carbocycles. The fourth-order valence-corrected chi connectivity index (χ4v) is 1.27. The number of unbranched alkanes of at least 4 members (excludes halogenated alkanes) is 6. The molecular formula is C11H19NaO2. The van der Waals surface area contributed by atoms with Crippen molar-refractivity contribution in [2.45, 2.75) is 51.4 Å². The van der Waals surface area contributed by atoms with E-state index in [4.69, 9.17) is 0 Å². The van der Waals surface area contributed by atoms with E-state index >= 15 is 0 Å². The topological polar surface area (TPSA) is 40.1 Å². The van der Waals surface area contributed by atoms with Crippen molar-refractivity contribution in [3.8, 4) is 0 Å². The zero-order valence-corrected chi connectivity index (χ0v) is 11.3. The van der Waals surface area contributed by atoms with Crippen LogP contribution in [0, 0.1) is 0 Å². The maximum Gasteiger partial charge on any atom is 1.00 e. The average Bonchev–Trinajstić information content (AvgIpc) is 2.09. The summed E-state index contributed by atoms with van der Waals surface area (Å²) in [6.07, 6.45) is 9.83. The van der Waals surface area contributed by atoms with Crippen molar-refractivity contribution in [2.24, 2.45) is 0 Å². The molecule has 0 aliphatic carbocycles. The summed E-state index contributed by atoms with van der Waals surface area (Å²) in [5, 5.41) is 10.1. The molecule has 0 aliphatic heterocycles. The van der Waals surface area contributed by atoms with Crippen LogP contribution in [0.2, 0.25) is 0 Å². The first kappa shape index (κ1) is 16.6. The molecule has 0 fully saturated rings. The second-order valence-corrected chi connectivity index (χ2v) is 3.32. The van der Waals surface area contributed by atoms with E-state index in [2.05, 4.69) is 6.58 Å². The minimum Gasteiger partial charge on any atom is -0.550 e. The number of hydrogen-bond acceptors (Lipinski definition) is 2. The molecule has 0 bridgehead atoms. The van der Waals surface area contributed by atoms with Gasteiger partial charge in [0, 0.05) is 5.97 Å². The van der Waals surface area contributed by atoms with Gasteiger partial charge >= 0.3 is 29.6 Å². The molecule has 0 rings (SSSR count). The van der Waals surface area contributed by atoms with Crippen molar-refractivity contribution in [3.63, 3.8) is 0 Å². The molecule has 0 aliphatic rings. The van der Waals surface area contributed by atoms with Gasteiger partial charge in [0.25, 0.3) is 0 Å². The van der Waals surface area contributed by atoms with Gasteiger partial charge in [0.05, 0.1) is 0 Å². The molecule has 0 heterocycles. The zero-order chi connectivity index (χ0) is 9.94. The third-order valence-electron chi connectivity index (χ3n) is 2.04. The summed E-state index contributed by atoms with van der Waals surface area (Å²) < 4.78 is 0. The first-order valence-corrected chi connectivity index (χ1v) is 5.08. The molecule has 0 aromatic heterocycles. The SMILES string of the molecule is C=CCCCCCCCCC(=O)[O-].[Na+]. The standard InChI is InChI=1S/C11H20O2.Na/c1-2-3-4-5-6-7-8-9-10-11(12)13;/h2H,1,3-10H2,(H,12,13);/q;+1/p-1. The molecule has 0 amide bonds. The van der Waals surface area contributed by atoms with Crippen molar-refractivity contribution >= 4 is 5.97 Å². The quantitative estimate of drug-likeness (QED) is 0.277. The van der Waals surface area contributed by atoms with Gasteiger partial charge in [0.1, 0.15) is 0 Å². The molecule has 14 heavy (non-hydrogen) atoms. The van der Waals surface area contributed by atoms with Crippen LogP contribution in [0.25, 0.3) is 0 Å². The summed E-state index contributed by atoms with van der Waals surface area (Å²) in [6.45, 7) is 3.66. The molecule has 0 spiro atoms. The summed E-state index contributed by atoms with van der Waals surface area (Å²) in [6, 6.07) is 0. The predicted molar refractivity (Wildman–Crippen MR) is 52.1 cm³/mol. The number of rotatable bonds is 9. The number of carboxylic acid groups (broad SMARTS) is 1. The molecule has 0 saturated carbocycles. The van der Waals surface area contributed by atoms with Gasteiger partial charge in [-0.3, -0.25) is 0 Å². The minimum absolute atomic E-state index is 0. The molecule has 3 heteroatoms. The van der Waals surface area contributed by atoms with E-state index in [1.807, 2.05) is 6.08 Å². The van der Waals surface area contributed by atoms with Crippen LogP contribution < -0.4 is 34.7 Å². The molecule has 2 nitrogen and oxygen atoms in total. The monoisotopic (exact) mass is 206 g/mol. The van der Waals surface area contributed by atoms with Gasteiger partial charge < -0.3 is 9.90 Å². The Labute approximate surface area is 109 Å². The Morgan fingerprint density at radius 3 is 2.07 bits per heavy atom. The van der Waals surface area contributed by atoms with E-state index in [-0.39, 0.29) is 36.0 Å². The van der Waals surface area contributed by atoms with Crippen LogP contribution in [0.5, 0.6) is 0 Å². The van der Waals surface area contributed by atoms with Gasteiger partial charge in [0.15, 0.2) is 0 Å². The van der Waals surface area contributed by atoms with E-state index in [1.165, 1.54) is 19.3 Å². The van der Waals surface area contributed by atoms with Crippen molar-refractivity contribution < 1.29 is 39.5 Å². The smallest absolute Gasteiger partial charge is 0.550 e. The van der Waals surface area contributed by atoms with E-state index in [0.717, 1.165) is 25.7 Å². The van der Waals surface area contributed by atoms with E-state index < -0.39 is 5.97 Å². The Morgan fingerprint density at radius 2 is 1.57 bits per heavy atom. The van der Waals surface area contributed by atoms with Gasteiger partial charge in [-0.05, 0) is 25.7 Å². The molecular weight excluding hydrogens is 187 g/mol. The van der Waals surface area contributed by atoms with Crippen molar-refractivity contribution in [2.75, 3.05) is 0 Å². The fourth-order valence-electron chi connectivity index (χ4n) is 1.27. The first-order valence-electron chi connectivity index (χ1n) is 5.08. The molecule has 76 valence electrons. The Morgan fingerprint density at radius 1 is 1.07 bits per heavy atom. The van der Waals surface area contributed by atoms with Gasteiger partial charge in [-0.15, -0.1) is 6.58 Å². The second-order valence-electron chi connectivity index (χ2n) is 3.32. The Hall–Kier alpha value is 0.210. The number of carboxylic acids is 1. The maximum absolute atomic E-state index is 10.1. The first-order chi connectivity index (χ1) is 6.27. The van der Waals surface area contributed by atoms with E-state index in [1.54, 1.807) is 0 Å². The third kappa shape index (κ3) is 14.7. The van der Waals surface area contributed by atoms with Gasteiger partial charge in [-0.2, -0.15) is 0 Å². The second kappa shape index (κ2) is 13.2. The Kier molecular flexibility index (Phi) is 15.7. The molecule has 0 atom stereocenters. The minimum atomic E-state index is -0.924. The number of carbonyl (C=O) groups excluding carboxylic acids is 1. The van der Waals surface area contributed by atoms with Crippen LogP contribution in [-0.2, 0) is 4.79 Å². The van der Waals surface area contributed by atoms with Crippen LogP contribution in [0.15, 0.2) is 12.7 Å². The Bertz CT molecular complexity index is 146. The average molecular weight is 206 g/mol. The predicted octanol–water partition coefficient (Wildman–Crippen LogP) is -0.953. The summed E-state index contributed by atoms with van der Waals surface area (Å²) in [7, 11) is 0. The summed E-state index contributed by atoms with van der Waals surface area (Å²) in [4.78, 5) is 10.1. The molecule has 0 aromatic rings. The summed E-state index contributed by atoms with van der Waals surface area (Å²) in [5.74, 6) is -0.924. The number of aliphatic carboxylic acids is 1. The maximum atomic E-state index is 10.1. The van der Waals surface area contributed by atoms with Crippen LogP contribution in [0.1, 0.15) is 51.4 Å². The Balaban J connectivity index is 0. The van der Waals surface area contributed by atoms with Gasteiger partial charge in [-0.1, -0.05) is 31.8 Å². The fraction of sp³-hybridized carbons (Fsp3) is 0.727. The summed E-state index contributed by atoms with van der Waals surface area (Å²) in [5.41, 5.74) is 0. The molecule has 0 N–H and O–H groups in total. The molecule has 0 radical (unpaired) electrons. The van der Waals surface area contributed by atoms with Crippen molar-refractivity contribution in [1.29, 1.82) is 0 Å². The number of hydrogen-bond donors (Lipinski definition) is 0.